The summed E-state index contributed by atoms with van der Waals surface area (Å²) in [6.45, 7) is 3.99. The number of aliphatic hydroxyl groups is 1. The maximum absolute atomic E-state index is 12.2. The first-order valence-corrected chi connectivity index (χ1v) is 7.78. The minimum Gasteiger partial charge on any atom is -0.495 e. The highest BCUT2D eigenvalue weighted by atomic mass is 32.2. The van der Waals surface area contributed by atoms with Crippen LogP contribution in [-0.2, 0) is 21.4 Å². The van der Waals surface area contributed by atoms with Crippen LogP contribution in [0.15, 0.2) is 23.1 Å². The second-order valence-corrected chi connectivity index (χ2v) is 6.20. The average molecular weight is 303 g/mol. The van der Waals surface area contributed by atoms with Crippen LogP contribution < -0.4 is 9.46 Å². The van der Waals surface area contributed by atoms with Crippen molar-refractivity contribution >= 4 is 10.0 Å². The van der Waals surface area contributed by atoms with Gasteiger partial charge in [0.1, 0.15) is 10.6 Å². The molecule has 1 rings (SSSR count). The van der Waals surface area contributed by atoms with Gasteiger partial charge >= 0.3 is 0 Å². The van der Waals surface area contributed by atoms with Gasteiger partial charge in [0.05, 0.1) is 26.4 Å². The molecule has 20 heavy (non-hydrogen) atoms. The molecule has 0 amide bonds. The zero-order chi connectivity index (χ0) is 15.2. The molecule has 0 aliphatic heterocycles. The third-order valence-corrected chi connectivity index (χ3v) is 4.03. The third kappa shape index (κ3) is 4.75. The largest absolute Gasteiger partial charge is 0.495 e. The molecule has 0 aliphatic carbocycles. The van der Waals surface area contributed by atoms with Gasteiger partial charge in [0.2, 0.25) is 10.0 Å². The van der Waals surface area contributed by atoms with Gasteiger partial charge in [0, 0.05) is 6.54 Å². The fourth-order valence-electron chi connectivity index (χ4n) is 1.58. The Morgan fingerprint density at radius 2 is 2.05 bits per heavy atom. The maximum Gasteiger partial charge on any atom is 0.244 e. The van der Waals surface area contributed by atoms with Gasteiger partial charge in [-0.15, -0.1) is 0 Å². The summed E-state index contributed by atoms with van der Waals surface area (Å²) in [6.07, 6.45) is 0.0479. The minimum absolute atomic E-state index is 0.0103. The van der Waals surface area contributed by atoms with E-state index in [2.05, 4.69) is 4.72 Å². The number of benzene rings is 1. The first-order chi connectivity index (χ1) is 9.40. The van der Waals surface area contributed by atoms with E-state index in [-0.39, 0.29) is 29.9 Å². The molecule has 6 nitrogen and oxygen atoms in total. The van der Waals surface area contributed by atoms with Gasteiger partial charge in [0.25, 0.3) is 0 Å². The molecule has 7 heteroatoms. The highest BCUT2D eigenvalue weighted by Crippen LogP contribution is 2.24. The highest BCUT2D eigenvalue weighted by molar-refractivity contribution is 7.89. The molecule has 0 aliphatic rings. The summed E-state index contributed by atoms with van der Waals surface area (Å²) in [5, 5.41) is 9.09. The van der Waals surface area contributed by atoms with E-state index in [4.69, 9.17) is 14.6 Å². The van der Waals surface area contributed by atoms with E-state index in [0.29, 0.717) is 12.2 Å². The topological polar surface area (TPSA) is 84.9 Å². The van der Waals surface area contributed by atoms with Gasteiger partial charge in [-0.25, -0.2) is 13.1 Å². The summed E-state index contributed by atoms with van der Waals surface area (Å²) in [5.74, 6) is 0.236. The van der Waals surface area contributed by atoms with Crippen LogP contribution in [0.1, 0.15) is 19.4 Å². The number of methoxy groups -OCH3 is 1. The van der Waals surface area contributed by atoms with Crippen molar-refractivity contribution in [2.24, 2.45) is 0 Å². The van der Waals surface area contributed by atoms with E-state index >= 15 is 0 Å². The molecule has 0 saturated carbocycles. The zero-order valence-corrected chi connectivity index (χ0v) is 12.7. The quantitative estimate of drug-likeness (QED) is 0.697. The van der Waals surface area contributed by atoms with E-state index < -0.39 is 10.0 Å². The highest BCUT2D eigenvalue weighted by Gasteiger charge is 2.19. The molecule has 0 atom stereocenters. The van der Waals surface area contributed by atoms with Gasteiger partial charge in [-0.05, 0) is 31.5 Å². The molecule has 0 unspecified atom stereocenters. The van der Waals surface area contributed by atoms with Gasteiger partial charge in [0.15, 0.2) is 0 Å². The molecule has 0 bridgehead atoms. The average Bonchev–Trinajstić information content (AvgIpc) is 2.42. The fraction of sp³-hybridized carbons (Fsp3) is 0.538. The lowest BCUT2D eigenvalue weighted by molar-refractivity contribution is 0.0834. The summed E-state index contributed by atoms with van der Waals surface area (Å²) in [4.78, 5) is 0.0103. The van der Waals surface area contributed by atoms with E-state index in [9.17, 15) is 8.42 Å². The predicted octanol–water partition coefficient (Wildman–Crippen LogP) is 0.891. The second-order valence-electron chi connectivity index (χ2n) is 4.46. The van der Waals surface area contributed by atoms with Crippen molar-refractivity contribution < 1.29 is 23.0 Å². The standard InChI is InChI=1S/C13H21NO5S/c1-10(2)19-7-6-14-20(16,17)13-8-11(9-15)4-5-12(13)18-3/h4-5,8,10,14-15H,6-7,9H2,1-3H3. The lowest BCUT2D eigenvalue weighted by Crippen LogP contribution is -2.28. The van der Waals surface area contributed by atoms with Crippen LogP contribution in [0.25, 0.3) is 0 Å². The van der Waals surface area contributed by atoms with Crippen LogP contribution in [0.5, 0.6) is 5.75 Å². The van der Waals surface area contributed by atoms with Crippen LogP contribution in [0.3, 0.4) is 0 Å². The van der Waals surface area contributed by atoms with Crippen LogP contribution in [0.4, 0.5) is 0 Å². The summed E-state index contributed by atoms with van der Waals surface area (Å²) < 4.78 is 37.2. The molecule has 0 fully saturated rings. The maximum atomic E-state index is 12.2. The van der Waals surface area contributed by atoms with Crippen molar-refractivity contribution in [3.05, 3.63) is 23.8 Å². The molecular formula is C13H21NO5S. The summed E-state index contributed by atoms with van der Waals surface area (Å²) in [5.41, 5.74) is 0.504. The Morgan fingerprint density at radius 1 is 1.35 bits per heavy atom. The van der Waals surface area contributed by atoms with Crippen LogP contribution in [-0.4, -0.2) is 39.9 Å². The van der Waals surface area contributed by atoms with Gasteiger partial charge in [-0.3, -0.25) is 0 Å². The molecule has 1 aromatic carbocycles. The molecule has 2 N–H and O–H groups in total. The fourth-order valence-corrected chi connectivity index (χ4v) is 2.81. The SMILES string of the molecule is COc1ccc(CO)cc1S(=O)(=O)NCCOC(C)C. The first kappa shape index (κ1) is 16.9. The predicted molar refractivity (Wildman–Crippen MR) is 75.2 cm³/mol. The molecule has 114 valence electrons. The van der Waals surface area contributed by atoms with Crippen molar-refractivity contribution in [1.82, 2.24) is 4.72 Å². The Hall–Kier alpha value is -1.15. The minimum atomic E-state index is -3.70. The Labute approximate surface area is 119 Å². The number of hydrogen-bond donors (Lipinski definition) is 2. The number of nitrogens with one attached hydrogen (secondary N) is 1. The molecule has 0 aromatic heterocycles. The van der Waals surface area contributed by atoms with Crippen molar-refractivity contribution in [2.45, 2.75) is 31.5 Å². The van der Waals surface area contributed by atoms with E-state index in [1.54, 1.807) is 6.07 Å². The van der Waals surface area contributed by atoms with Crippen molar-refractivity contribution in [3.63, 3.8) is 0 Å². The Morgan fingerprint density at radius 3 is 2.60 bits per heavy atom. The first-order valence-electron chi connectivity index (χ1n) is 6.29. The molecular weight excluding hydrogens is 282 g/mol. The monoisotopic (exact) mass is 303 g/mol. The van der Waals surface area contributed by atoms with Crippen molar-refractivity contribution in [2.75, 3.05) is 20.3 Å². The summed E-state index contributed by atoms with van der Waals surface area (Å²) in [6, 6.07) is 4.52. The Bertz CT molecular complexity index is 528. The van der Waals surface area contributed by atoms with E-state index in [0.717, 1.165) is 0 Å². The number of sulfonamides is 1. The van der Waals surface area contributed by atoms with Gasteiger partial charge in [-0.1, -0.05) is 6.07 Å². The number of hydrogen-bond acceptors (Lipinski definition) is 5. The Kier molecular flexibility index (Phi) is 6.41. The lowest BCUT2D eigenvalue weighted by atomic mass is 10.2. The van der Waals surface area contributed by atoms with Crippen molar-refractivity contribution in [1.29, 1.82) is 0 Å². The zero-order valence-electron chi connectivity index (χ0n) is 11.9. The van der Waals surface area contributed by atoms with E-state index in [1.165, 1.54) is 19.2 Å². The molecule has 0 spiro atoms. The van der Waals surface area contributed by atoms with Crippen LogP contribution >= 0.6 is 0 Å². The van der Waals surface area contributed by atoms with Crippen LogP contribution in [0, 0.1) is 0 Å². The van der Waals surface area contributed by atoms with Crippen molar-refractivity contribution in [3.8, 4) is 5.75 Å². The number of aliphatic hydroxyl groups excluding tert-OH is 1. The number of rotatable bonds is 8. The summed E-state index contributed by atoms with van der Waals surface area (Å²) in [7, 11) is -2.30. The van der Waals surface area contributed by atoms with Gasteiger partial charge < -0.3 is 14.6 Å². The molecule has 0 radical (unpaired) electrons. The second kappa shape index (κ2) is 7.58. The number of ether oxygens (including phenoxy) is 2. The molecule has 0 heterocycles. The smallest absolute Gasteiger partial charge is 0.244 e. The normalized spacial score (nSPS) is 11.8. The van der Waals surface area contributed by atoms with Gasteiger partial charge in [-0.2, -0.15) is 0 Å². The molecule has 0 saturated heterocycles. The summed E-state index contributed by atoms with van der Waals surface area (Å²) >= 11 is 0. The Balaban J connectivity index is 2.85. The lowest BCUT2D eigenvalue weighted by Gasteiger charge is -2.12. The van der Waals surface area contributed by atoms with Crippen LogP contribution in [0.2, 0.25) is 0 Å². The van der Waals surface area contributed by atoms with E-state index in [1.807, 2.05) is 13.8 Å². The molecule has 1 aromatic rings. The third-order valence-electron chi connectivity index (χ3n) is 2.55.